The number of hydrogen-bond donors (Lipinski definition) is 0. The van der Waals surface area contributed by atoms with Gasteiger partial charge in [-0.3, -0.25) is 9.59 Å². The highest BCUT2D eigenvalue weighted by Crippen LogP contribution is 2.52. The molecule has 2 saturated heterocycles. The highest BCUT2D eigenvalue weighted by molar-refractivity contribution is 7.99. The molecule has 0 aromatic carbocycles. The van der Waals surface area contributed by atoms with Crippen molar-refractivity contribution in [2.75, 3.05) is 43.4 Å². The van der Waals surface area contributed by atoms with Gasteiger partial charge in [-0.1, -0.05) is 57.0 Å². The van der Waals surface area contributed by atoms with Crippen LogP contribution < -0.4 is 4.90 Å². The van der Waals surface area contributed by atoms with E-state index in [1.807, 2.05) is 4.90 Å². The molecule has 2 unspecified atom stereocenters. The molecule has 3 heterocycles. The molecule has 0 N–H and O–H groups in total. The van der Waals surface area contributed by atoms with Crippen molar-refractivity contribution >= 4 is 41.0 Å². The van der Waals surface area contributed by atoms with Gasteiger partial charge in [0.2, 0.25) is 11.8 Å². The Morgan fingerprint density at radius 3 is 2.51 bits per heavy atom. The summed E-state index contributed by atoms with van der Waals surface area (Å²) >= 11 is 7.72. The molecule has 35 heavy (non-hydrogen) atoms. The fourth-order valence-corrected chi connectivity index (χ4v) is 8.13. The van der Waals surface area contributed by atoms with Crippen LogP contribution in [0.2, 0.25) is 5.15 Å². The van der Waals surface area contributed by atoms with Gasteiger partial charge in [-0.2, -0.15) is 0 Å². The van der Waals surface area contributed by atoms with Crippen LogP contribution in [0.5, 0.6) is 0 Å². The van der Waals surface area contributed by atoms with E-state index in [0.29, 0.717) is 41.1 Å². The van der Waals surface area contributed by atoms with Gasteiger partial charge in [0.15, 0.2) is 5.16 Å². The van der Waals surface area contributed by atoms with Crippen LogP contribution >= 0.6 is 23.4 Å². The van der Waals surface area contributed by atoms with Crippen molar-refractivity contribution in [2.45, 2.75) is 76.9 Å². The van der Waals surface area contributed by atoms with E-state index >= 15 is 0 Å². The minimum atomic E-state index is 0.172. The maximum absolute atomic E-state index is 13.2. The summed E-state index contributed by atoms with van der Waals surface area (Å²) in [4.78, 5) is 41.3. The Labute approximate surface area is 218 Å². The second-order valence-electron chi connectivity index (χ2n) is 12.1. The second kappa shape index (κ2) is 9.73. The van der Waals surface area contributed by atoms with Gasteiger partial charge >= 0.3 is 0 Å². The molecule has 7 nitrogen and oxygen atoms in total. The normalized spacial score (nSPS) is 28.6. The lowest BCUT2D eigenvalue weighted by atomic mass is 9.65. The van der Waals surface area contributed by atoms with Crippen molar-refractivity contribution in [1.82, 2.24) is 19.8 Å². The van der Waals surface area contributed by atoms with Crippen molar-refractivity contribution in [3.05, 3.63) is 11.2 Å². The zero-order valence-electron chi connectivity index (χ0n) is 21.3. The van der Waals surface area contributed by atoms with Crippen molar-refractivity contribution < 1.29 is 9.59 Å². The largest absolute Gasteiger partial charge is 0.353 e. The van der Waals surface area contributed by atoms with Crippen molar-refractivity contribution in [1.29, 1.82) is 0 Å². The molecule has 192 valence electrons. The number of nitrogens with zero attached hydrogens (tertiary/aromatic N) is 5. The monoisotopic (exact) mass is 519 g/mol. The summed E-state index contributed by atoms with van der Waals surface area (Å²) in [5, 5.41) is 0.930. The minimum Gasteiger partial charge on any atom is -0.353 e. The lowest BCUT2D eigenvalue weighted by Gasteiger charge is -2.39. The molecule has 2 amide bonds. The van der Waals surface area contributed by atoms with Gasteiger partial charge in [-0.25, -0.2) is 9.97 Å². The van der Waals surface area contributed by atoms with E-state index in [9.17, 15) is 9.59 Å². The lowest BCUT2D eigenvalue weighted by molar-refractivity contribution is -0.135. The Kier molecular flexibility index (Phi) is 6.98. The van der Waals surface area contributed by atoms with Gasteiger partial charge in [0, 0.05) is 50.7 Å². The average Bonchev–Trinajstić information content (AvgIpc) is 3.42. The standard InChI is InChI=1S/C26H38ClN5O2S/c1-25(2)13-19-14-26(3,16-25)17-32(19)22(33)15-35-24-28-20(27)12-21(29-24)30-8-10-31(11-9-30)23(34)18-6-4-5-7-18/h12,18-19H,4-11,13-17H2,1-3H3. The number of piperazine rings is 1. The number of fused-ring (bicyclic) bond motifs is 2. The topological polar surface area (TPSA) is 69.6 Å². The highest BCUT2D eigenvalue weighted by atomic mass is 35.5. The molecule has 2 aliphatic carbocycles. The quantitative estimate of drug-likeness (QED) is 0.324. The number of carbonyl (C=O) groups is 2. The number of rotatable bonds is 5. The van der Waals surface area contributed by atoms with Crippen LogP contribution in [-0.2, 0) is 9.59 Å². The molecule has 4 aliphatic rings. The number of halogens is 1. The number of anilines is 1. The highest BCUT2D eigenvalue weighted by Gasteiger charge is 2.50. The molecular weight excluding hydrogens is 482 g/mol. The first-order chi connectivity index (χ1) is 16.6. The third kappa shape index (κ3) is 5.58. The lowest BCUT2D eigenvalue weighted by Crippen LogP contribution is -2.50. The van der Waals surface area contributed by atoms with Crippen molar-refractivity contribution in [2.24, 2.45) is 16.7 Å². The van der Waals surface area contributed by atoms with E-state index in [1.165, 1.54) is 31.0 Å². The first-order valence-corrected chi connectivity index (χ1v) is 14.5. The van der Waals surface area contributed by atoms with Crippen LogP contribution in [0.3, 0.4) is 0 Å². The molecular formula is C26H38ClN5O2S. The van der Waals surface area contributed by atoms with Crippen LogP contribution in [0.1, 0.15) is 65.7 Å². The molecule has 0 spiro atoms. The third-order valence-electron chi connectivity index (χ3n) is 8.34. The van der Waals surface area contributed by atoms with Gasteiger partial charge in [0.1, 0.15) is 11.0 Å². The molecule has 2 atom stereocenters. The Morgan fingerprint density at radius 1 is 1.09 bits per heavy atom. The van der Waals surface area contributed by atoms with E-state index in [-0.39, 0.29) is 22.7 Å². The van der Waals surface area contributed by atoms with E-state index in [0.717, 1.165) is 51.1 Å². The van der Waals surface area contributed by atoms with E-state index in [4.69, 9.17) is 16.6 Å². The number of amides is 2. The Bertz CT molecular complexity index is 976. The summed E-state index contributed by atoms with van der Waals surface area (Å²) in [6.07, 6.45) is 7.78. The predicted octanol–water partition coefficient (Wildman–Crippen LogP) is 4.49. The van der Waals surface area contributed by atoms with Crippen LogP contribution in [0, 0.1) is 16.7 Å². The first-order valence-electron chi connectivity index (χ1n) is 13.1. The summed E-state index contributed by atoms with van der Waals surface area (Å²) in [6.45, 7) is 10.7. The summed E-state index contributed by atoms with van der Waals surface area (Å²) in [5.74, 6) is 1.82. The Balaban J connectivity index is 1.17. The van der Waals surface area contributed by atoms with Crippen molar-refractivity contribution in [3.8, 4) is 0 Å². The van der Waals surface area contributed by atoms with Crippen LogP contribution in [0.15, 0.2) is 11.2 Å². The third-order valence-corrected chi connectivity index (χ3v) is 9.37. The maximum atomic E-state index is 13.2. The number of hydrogen-bond acceptors (Lipinski definition) is 6. The van der Waals surface area contributed by atoms with Crippen LogP contribution in [-0.4, -0.2) is 76.1 Å². The maximum Gasteiger partial charge on any atom is 0.233 e. The molecule has 1 aromatic heterocycles. The fraction of sp³-hybridized carbons (Fsp3) is 0.769. The molecule has 0 radical (unpaired) electrons. The Morgan fingerprint density at radius 2 is 1.80 bits per heavy atom. The number of aromatic nitrogens is 2. The first kappa shape index (κ1) is 25.1. The van der Waals surface area contributed by atoms with Crippen LogP contribution in [0.4, 0.5) is 5.82 Å². The summed E-state index contributed by atoms with van der Waals surface area (Å²) in [6, 6.07) is 2.13. The van der Waals surface area contributed by atoms with E-state index in [1.54, 1.807) is 6.07 Å². The van der Waals surface area contributed by atoms with Gasteiger partial charge in [0.25, 0.3) is 0 Å². The molecule has 1 aromatic rings. The van der Waals surface area contributed by atoms with Gasteiger partial charge in [0.05, 0.1) is 5.75 Å². The number of likely N-dealkylation sites (tertiary alicyclic amines) is 1. The van der Waals surface area contributed by atoms with Gasteiger partial charge in [-0.15, -0.1) is 0 Å². The van der Waals surface area contributed by atoms with Gasteiger partial charge in [-0.05, 0) is 42.9 Å². The minimum absolute atomic E-state index is 0.172. The van der Waals surface area contributed by atoms with Crippen LogP contribution in [0.25, 0.3) is 0 Å². The number of carbonyl (C=O) groups excluding carboxylic acids is 2. The molecule has 2 bridgehead atoms. The second-order valence-corrected chi connectivity index (χ2v) is 13.5. The number of thioether (sulfide) groups is 1. The molecule has 4 fully saturated rings. The summed E-state index contributed by atoms with van der Waals surface area (Å²) in [7, 11) is 0. The zero-order chi connectivity index (χ0) is 24.8. The smallest absolute Gasteiger partial charge is 0.233 e. The summed E-state index contributed by atoms with van der Waals surface area (Å²) < 4.78 is 0. The zero-order valence-corrected chi connectivity index (χ0v) is 22.8. The van der Waals surface area contributed by atoms with Gasteiger partial charge < -0.3 is 14.7 Å². The van der Waals surface area contributed by atoms with E-state index < -0.39 is 0 Å². The molecule has 2 saturated carbocycles. The molecule has 5 rings (SSSR count). The van der Waals surface area contributed by atoms with Crippen molar-refractivity contribution in [3.63, 3.8) is 0 Å². The predicted molar refractivity (Wildman–Crippen MR) is 140 cm³/mol. The summed E-state index contributed by atoms with van der Waals surface area (Å²) in [5.41, 5.74) is 0.518. The fourth-order valence-electron chi connectivity index (χ4n) is 7.16. The SMILES string of the molecule is CC1(C)CC2CC(C)(CN2C(=O)CSc2nc(Cl)cc(N3CCN(C(=O)C4CCCC4)CC3)n2)C1. The van der Waals surface area contributed by atoms with E-state index in [2.05, 4.69) is 35.6 Å². The Hall–Kier alpha value is -1.54. The molecule has 9 heteroatoms. The average molecular weight is 520 g/mol. The molecule has 2 aliphatic heterocycles.